The topological polar surface area (TPSA) is 24.6 Å². The van der Waals surface area contributed by atoms with Gasteiger partial charge in [-0.25, -0.2) is 4.85 Å². The Balaban J connectivity index is 3.25. The lowest BCUT2D eigenvalue weighted by atomic mass is 10.2. The highest BCUT2D eigenvalue weighted by Crippen LogP contribution is 2.26. The minimum Gasteiger partial charge on any atom is -0.519 e. The van der Waals surface area contributed by atoms with E-state index in [0.29, 0.717) is 5.69 Å². The van der Waals surface area contributed by atoms with Crippen molar-refractivity contribution < 1.29 is 5.11 Å². The van der Waals surface area contributed by atoms with Crippen molar-refractivity contribution in [2.75, 3.05) is 0 Å². The molecule has 10 heavy (non-hydrogen) atoms. The number of phenols is 1. The molecule has 0 saturated carbocycles. The molecule has 0 aromatic heterocycles. The standard InChI is InChI=1S/C8H7NO/c1-6-3-4-8(10)7(5-6)9-2/h3-5,10H,1H3. The Morgan fingerprint density at radius 3 is 2.70 bits per heavy atom. The highest BCUT2D eigenvalue weighted by molar-refractivity contribution is 5.57. The summed E-state index contributed by atoms with van der Waals surface area (Å²) in [6, 6.07) is 4.95. The van der Waals surface area contributed by atoms with Gasteiger partial charge in [0.1, 0.15) is 5.75 Å². The number of hydrogen-bond donors (Lipinski definition) is 1. The van der Waals surface area contributed by atoms with Gasteiger partial charge in [0, 0.05) is 0 Å². The summed E-state index contributed by atoms with van der Waals surface area (Å²) in [5.74, 6) is 0.0561. The number of hydrogen-bond acceptors (Lipinski definition) is 1. The molecule has 0 aliphatic heterocycles. The van der Waals surface area contributed by atoms with E-state index in [2.05, 4.69) is 4.85 Å². The van der Waals surface area contributed by atoms with E-state index in [4.69, 9.17) is 11.7 Å². The second kappa shape index (κ2) is 2.40. The summed E-state index contributed by atoms with van der Waals surface area (Å²) in [7, 11) is 0. The molecule has 0 radical (unpaired) electrons. The van der Waals surface area contributed by atoms with Gasteiger partial charge in [0.2, 0.25) is 5.69 Å². The third kappa shape index (κ3) is 1.08. The van der Waals surface area contributed by atoms with Crippen LogP contribution in [0.3, 0.4) is 0 Å². The predicted octanol–water partition coefficient (Wildman–Crippen LogP) is 2.25. The zero-order valence-electron chi connectivity index (χ0n) is 5.63. The molecule has 0 aliphatic carbocycles. The second-order valence-electron chi connectivity index (χ2n) is 2.10. The molecule has 2 nitrogen and oxygen atoms in total. The van der Waals surface area contributed by atoms with Crippen LogP contribution < -0.4 is 0 Å². The van der Waals surface area contributed by atoms with Gasteiger partial charge in [-0.05, 0) is 19.1 Å². The van der Waals surface area contributed by atoms with E-state index in [1.54, 1.807) is 12.1 Å². The zero-order chi connectivity index (χ0) is 7.56. The van der Waals surface area contributed by atoms with E-state index in [0.717, 1.165) is 5.56 Å². The first-order valence-corrected chi connectivity index (χ1v) is 2.91. The largest absolute Gasteiger partial charge is 0.519 e. The Bertz CT molecular complexity index is 286. The molecule has 50 valence electrons. The second-order valence-corrected chi connectivity index (χ2v) is 2.10. The quantitative estimate of drug-likeness (QED) is 0.539. The first-order valence-electron chi connectivity index (χ1n) is 2.91. The molecule has 0 spiro atoms. The smallest absolute Gasteiger partial charge is 0.228 e. The lowest BCUT2D eigenvalue weighted by molar-refractivity contribution is 0.478. The zero-order valence-corrected chi connectivity index (χ0v) is 5.63. The van der Waals surface area contributed by atoms with Crippen molar-refractivity contribution in [2.45, 2.75) is 6.92 Å². The molecule has 0 heterocycles. The Kier molecular flexibility index (Phi) is 1.59. The van der Waals surface area contributed by atoms with Gasteiger partial charge < -0.3 is 5.11 Å². The maximum atomic E-state index is 9.02. The maximum absolute atomic E-state index is 9.02. The molecule has 2 heteroatoms. The first kappa shape index (κ1) is 6.63. The summed E-state index contributed by atoms with van der Waals surface area (Å²) < 4.78 is 0. The fourth-order valence-corrected chi connectivity index (χ4v) is 0.723. The lowest BCUT2D eigenvalue weighted by Gasteiger charge is -1.95. The lowest BCUT2D eigenvalue weighted by Crippen LogP contribution is -1.69. The summed E-state index contributed by atoms with van der Waals surface area (Å²) in [4.78, 5) is 3.13. The van der Waals surface area contributed by atoms with Crippen LogP contribution in [-0.4, -0.2) is 5.11 Å². The highest BCUT2D eigenvalue weighted by atomic mass is 16.3. The Morgan fingerprint density at radius 2 is 2.20 bits per heavy atom. The maximum Gasteiger partial charge on any atom is 0.228 e. The van der Waals surface area contributed by atoms with Crippen LogP contribution in [0.2, 0.25) is 0 Å². The predicted molar refractivity (Wildman–Crippen MR) is 39.1 cm³/mol. The molecule has 0 amide bonds. The van der Waals surface area contributed by atoms with Crippen molar-refractivity contribution in [1.29, 1.82) is 0 Å². The number of aryl methyl sites for hydroxylation is 1. The van der Waals surface area contributed by atoms with Crippen LogP contribution in [0.4, 0.5) is 5.69 Å². The van der Waals surface area contributed by atoms with Crippen molar-refractivity contribution in [3.8, 4) is 5.75 Å². The Labute approximate surface area is 59.6 Å². The molecule has 1 aromatic carbocycles. The molecular weight excluding hydrogens is 126 g/mol. The van der Waals surface area contributed by atoms with Crippen molar-refractivity contribution >= 4 is 5.69 Å². The van der Waals surface area contributed by atoms with Gasteiger partial charge in [0.25, 0.3) is 0 Å². The van der Waals surface area contributed by atoms with Gasteiger partial charge >= 0.3 is 0 Å². The van der Waals surface area contributed by atoms with Crippen LogP contribution >= 0.6 is 0 Å². The van der Waals surface area contributed by atoms with E-state index in [-0.39, 0.29) is 5.75 Å². The van der Waals surface area contributed by atoms with Gasteiger partial charge in [-0.1, -0.05) is 11.6 Å². The van der Waals surface area contributed by atoms with Crippen molar-refractivity contribution in [3.05, 3.63) is 35.2 Å². The van der Waals surface area contributed by atoms with Crippen molar-refractivity contribution in [3.63, 3.8) is 0 Å². The summed E-state index contributed by atoms with van der Waals surface area (Å²) in [6.07, 6.45) is 0. The average molecular weight is 133 g/mol. The average Bonchev–Trinajstić information content (AvgIpc) is 1.94. The summed E-state index contributed by atoms with van der Waals surface area (Å²) in [5, 5.41) is 9.02. The van der Waals surface area contributed by atoms with Crippen LogP contribution in [0.15, 0.2) is 18.2 Å². The SMILES string of the molecule is [C-]#[N+]c1cc(C)ccc1O. The molecule has 0 fully saturated rings. The van der Waals surface area contributed by atoms with Crippen molar-refractivity contribution in [1.82, 2.24) is 0 Å². The Morgan fingerprint density at radius 1 is 1.50 bits per heavy atom. The fraction of sp³-hybridized carbons (Fsp3) is 0.125. The van der Waals surface area contributed by atoms with Gasteiger partial charge in [0.05, 0.1) is 6.57 Å². The molecular formula is C8H7NO. The summed E-state index contributed by atoms with van der Waals surface area (Å²) in [6.45, 7) is 8.53. The third-order valence-electron chi connectivity index (χ3n) is 1.25. The molecule has 0 atom stereocenters. The van der Waals surface area contributed by atoms with Gasteiger partial charge in [-0.3, -0.25) is 0 Å². The molecule has 0 bridgehead atoms. The van der Waals surface area contributed by atoms with Crippen LogP contribution in [0, 0.1) is 13.5 Å². The van der Waals surface area contributed by atoms with E-state index in [1.165, 1.54) is 6.07 Å². The highest BCUT2D eigenvalue weighted by Gasteiger charge is 1.97. The van der Waals surface area contributed by atoms with Crippen LogP contribution in [0.1, 0.15) is 5.56 Å². The van der Waals surface area contributed by atoms with E-state index < -0.39 is 0 Å². The minimum absolute atomic E-state index is 0.0561. The summed E-state index contributed by atoms with van der Waals surface area (Å²) >= 11 is 0. The monoisotopic (exact) mass is 133 g/mol. The molecule has 0 saturated heterocycles. The van der Waals surface area contributed by atoms with Crippen molar-refractivity contribution in [2.24, 2.45) is 0 Å². The fourth-order valence-electron chi connectivity index (χ4n) is 0.723. The van der Waals surface area contributed by atoms with Gasteiger partial charge in [0.15, 0.2) is 0 Å². The minimum atomic E-state index is 0.0561. The Hall–Kier alpha value is -1.49. The van der Waals surface area contributed by atoms with E-state index in [9.17, 15) is 0 Å². The van der Waals surface area contributed by atoms with Crippen LogP contribution in [-0.2, 0) is 0 Å². The number of nitrogens with zero attached hydrogens (tertiary/aromatic N) is 1. The third-order valence-corrected chi connectivity index (χ3v) is 1.25. The van der Waals surface area contributed by atoms with Crippen LogP contribution in [0.5, 0.6) is 5.75 Å². The molecule has 0 aliphatic rings. The number of benzene rings is 1. The molecule has 1 N–H and O–H groups in total. The summed E-state index contributed by atoms with van der Waals surface area (Å²) in [5.41, 5.74) is 1.31. The number of rotatable bonds is 0. The van der Waals surface area contributed by atoms with E-state index in [1.807, 2.05) is 6.92 Å². The first-order chi connectivity index (χ1) is 4.74. The van der Waals surface area contributed by atoms with Gasteiger partial charge in [-0.15, -0.1) is 0 Å². The number of phenolic OH excluding ortho intramolecular Hbond substituents is 1. The van der Waals surface area contributed by atoms with Gasteiger partial charge in [-0.2, -0.15) is 0 Å². The molecule has 1 aromatic rings. The normalized spacial score (nSPS) is 8.80. The number of aromatic hydroxyl groups is 1. The molecule has 0 unspecified atom stereocenters. The molecule has 1 rings (SSSR count). The van der Waals surface area contributed by atoms with E-state index >= 15 is 0 Å². The van der Waals surface area contributed by atoms with Crippen LogP contribution in [0.25, 0.3) is 4.85 Å².